The molecular weight excluding hydrogens is 276 g/mol. The lowest BCUT2D eigenvalue weighted by Gasteiger charge is -2.41. The van der Waals surface area contributed by atoms with Gasteiger partial charge in [0.1, 0.15) is 16.4 Å². The topological polar surface area (TPSA) is 71.3 Å². The SMILES string of the molecule is CCNCc1cc(S(=O)(=O)NC2(CC)CCC2)c(C)o1. The number of hydrogen-bond acceptors (Lipinski definition) is 4. The van der Waals surface area contributed by atoms with Crippen molar-refractivity contribution in [2.24, 2.45) is 0 Å². The minimum Gasteiger partial charge on any atom is -0.464 e. The molecule has 20 heavy (non-hydrogen) atoms. The first-order valence-corrected chi connectivity index (χ1v) is 8.75. The second kappa shape index (κ2) is 5.87. The predicted octanol–water partition coefficient (Wildman–Crippen LogP) is 2.31. The van der Waals surface area contributed by atoms with Crippen LogP contribution in [0.5, 0.6) is 0 Å². The lowest BCUT2D eigenvalue weighted by molar-refractivity contribution is 0.213. The van der Waals surface area contributed by atoms with E-state index in [0.29, 0.717) is 18.1 Å². The smallest absolute Gasteiger partial charge is 0.244 e. The number of sulfonamides is 1. The highest BCUT2D eigenvalue weighted by Gasteiger charge is 2.39. The Morgan fingerprint density at radius 1 is 1.35 bits per heavy atom. The molecule has 0 saturated heterocycles. The molecule has 2 N–H and O–H groups in total. The largest absolute Gasteiger partial charge is 0.464 e. The molecule has 0 atom stereocenters. The summed E-state index contributed by atoms with van der Waals surface area (Å²) in [6.07, 6.45) is 3.76. The van der Waals surface area contributed by atoms with E-state index in [0.717, 1.165) is 32.2 Å². The summed E-state index contributed by atoms with van der Waals surface area (Å²) in [5.74, 6) is 1.11. The molecule has 114 valence electrons. The first kappa shape index (κ1) is 15.5. The Balaban J connectivity index is 2.18. The van der Waals surface area contributed by atoms with Crippen molar-refractivity contribution in [3.63, 3.8) is 0 Å². The summed E-state index contributed by atoms with van der Waals surface area (Å²) in [6.45, 7) is 7.09. The van der Waals surface area contributed by atoms with E-state index in [1.165, 1.54) is 0 Å². The van der Waals surface area contributed by atoms with Crippen molar-refractivity contribution in [3.8, 4) is 0 Å². The Morgan fingerprint density at radius 3 is 2.55 bits per heavy atom. The summed E-state index contributed by atoms with van der Waals surface area (Å²) in [5, 5.41) is 3.13. The zero-order chi connectivity index (χ0) is 14.8. The third-order valence-electron chi connectivity index (χ3n) is 4.10. The van der Waals surface area contributed by atoms with Crippen LogP contribution < -0.4 is 10.0 Å². The lowest BCUT2D eigenvalue weighted by Crippen LogP contribution is -2.52. The molecule has 0 radical (unpaired) electrons. The van der Waals surface area contributed by atoms with E-state index in [1.54, 1.807) is 13.0 Å². The fourth-order valence-electron chi connectivity index (χ4n) is 2.60. The van der Waals surface area contributed by atoms with Crippen LogP contribution in [0.4, 0.5) is 0 Å². The maximum Gasteiger partial charge on any atom is 0.244 e. The third kappa shape index (κ3) is 3.07. The Hall–Kier alpha value is -0.850. The molecule has 0 aromatic carbocycles. The predicted molar refractivity (Wildman–Crippen MR) is 78.0 cm³/mol. The van der Waals surface area contributed by atoms with Crippen LogP contribution in [0.3, 0.4) is 0 Å². The molecule has 5 nitrogen and oxygen atoms in total. The van der Waals surface area contributed by atoms with Crippen molar-refractivity contribution in [1.29, 1.82) is 0 Å². The molecule has 0 spiro atoms. The van der Waals surface area contributed by atoms with Crippen molar-refractivity contribution in [3.05, 3.63) is 17.6 Å². The minimum atomic E-state index is -3.50. The zero-order valence-electron chi connectivity index (χ0n) is 12.5. The van der Waals surface area contributed by atoms with E-state index < -0.39 is 10.0 Å². The normalized spacial score (nSPS) is 17.9. The molecule has 1 heterocycles. The summed E-state index contributed by atoms with van der Waals surface area (Å²) in [5.41, 5.74) is -0.246. The van der Waals surface area contributed by atoms with Crippen molar-refractivity contribution in [2.45, 2.75) is 63.4 Å². The number of rotatable bonds is 7. The van der Waals surface area contributed by atoms with Crippen LogP contribution in [-0.2, 0) is 16.6 Å². The van der Waals surface area contributed by atoms with Gasteiger partial charge >= 0.3 is 0 Å². The molecule has 2 rings (SSSR count). The Bertz CT molecular complexity index is 553. The highest BCUT2D eigenvalue weighted by atomic mass is 32.2. The van der Waals surface area contributed by atoms with E-state index in [4.69, 9.17) is 4.42 Å². The molecule has 1 aromatic heterocycles. The van der Waals surface area contributed by atoms with Crippen molar-refractivity contribution in [2.75, 3.05) is 6.54 Å². The second-order valence-corrected chi connectivity index (χ2v) is 7.16. The molecule has 0 aliphatic heterocycles. The van der Waals surface area contributed by atoms with E-state index in [9.17, 15) is 8.42 Å². The van der Waals surface area contributed by atoms with E-state index in [-0.39, 0.29) is 10.4 Å². The average molecular weight is 300 g/mol. The maximum atomic E-state index is 12.5. The highest BCUT2D eigenvalue weighted by Crippen LogP contribution is 2.36. The summed E-state index contributed by atoms with van der Waals surface area (Å²) in [4.78, 5) is 0.269. The van der Waals surface area contributed by atoms with Crippen LogP contribution in [0.1, 0.15) is 51.1 Å². The molecule has 1 fully saturated rings. The fraction of sp³-hybridized carbons (Fsp3) is 0.714. The van der Waals surface area contributed by atoms with Crippen LogP contribution >= 0.6 is 0 Å². The molecule has 1 aliphatic carbocycles. The van der Waals surface area contributed by atoms with Crippen molar-refractivity contribution in [1.82, 2.24) is 10.0 Å². The van der Waals surface area contributed by atoms with Crippen molar-refractivity contribution < 1.29 is 12.8 Å². The monoisotopic (exact) mass is 300 g/mol. The summed E-state index contributed by atoms with van der Waals surface area (Å²) in [6, 6.07) is 1.63. The Morgan fingerprint density at radius 2 is 2.05 bits per heavy atom. The van der Waals surface area contributed by atoms with Gasteiger partial charge in [-0.1, -0.05) is 13.8 Å². The van der Waals surface area contributed by atoms with Crippen LogP contribution in [0.15, 0.2) is 15.4 Å². The van der Waals surface area contributed by atoms with Gasteiger partial charge in [0.2, 0.25) is 10.0 Å². The molecule has 1 aromatic rings. The van der Waals surface area contributed by atoms with E-state index in [1.807, 2.05) is 13.8 Å². The first-order chi connectivity index (χ1) is 9.42. The summed E-state index contributed by atoms with van der Waals surface area (Å²) >= 11 is 0. The lowest BCUT2D eigenvalue weighted by atomic mass is 9.76. The Labute approximate surface area is 121 Å². The van der Waals surface area contributed by atoms with Gasteiger partial charge in [0.05, 0.1) is 6.54 Å². The first-order valence-electron chi connectivity index (χ1n) is 7.26. The fourth-order valence-corrected chi connectivity index (χ4v) is 4.33. The summed E-state index contributed by atoms with van der Waals surface area (Å²) < 4.78 is 33.4. The molecule has 0 bridgehead atoms. The number of furan rings is 1. The van der Waals surface area contributed by atoms with Gasteiger partial charge < -0.3 is 9.73 Å². The number of aryl methyl sites for hydroxylation is 1. The van der Waals surface area contributed by atoms with E-state index >= 15 is 0 Å². The van der Waals surface area contributed by atoms with Crippen LogP contribution in [-0.4, -0.2) is 20.5 Å². The van der Waals surface area contributed by atoms with Crippen LogP contribution in [0.25, 0.3) is 0 Å². The quantitative estimate of drug-likeness (QED) is 0.810. The second-order valence-electron chi connectivity index (χ2n) is 5.51. The van der Waals surface area contributed by atoms with Crippen LogP contribution in [0, 0.1) is 6.92 Å². The van der Waals surface area contributed by atoms with Gasteiger partial charge in [-0.2, -0.15) is 0 Å². The average Bonchev–Trinajstić information content (AvgIpc) is 2.73. The van der Waals surface area contributed by atoms with Crippen LogP contribution in [0.2, 0.25) is 0 Å². The molecule has 0 unspecified atom stereocenters. The van der Waals surface area contributed by atoms with Gasteiger partial charge in [-0.05, 0) is 39.2 Å². The molecule has 0 amide bonds. The number of hydrogen-bond donors (Lipinski definition) is 2. The van der Waals surface area contributed by atoms with Gasteiger partial charge in [-0.25, -0.2) is 13.1 Å². The zero-order valence-corrected chi connectivity index (χ0v) is 13.3. The van der Waals surface area contributed by atoms with Gasteiger partial charge in [-0.3, -0.25) is 0 Å². The summed E-state index contributed by atoms with van der Waals surface area (Å²) in [7, 11) is -3.50. The number of nitrogens with one attached hydrogen (secondary N) is 2. The Kier molecular flexibility index (Phi) is 4.56. The third-order valence-corrected chi connectivity index (χ3v) is 5.79. The molecular formula is C14H24N2O3S. The van der Waals surface area contributed by atoms with Gasteiger partial charge in [0.25, 0.3) is 0 Å². The van der Waals surface area contributed by atoms with E-state index in [2.05, 4.69) is 10.0 Å². The molecule has 6 heteroatoms. The van der Waals surface area contributed by atoms with Gasteiger partial charge in [0, 0.05) is 11.6 Å². The van der Waals surface area contributed by atoms with Gasteiger partial charge in [0.15, 0.2) is 0 Å². The minimum absolute atomic E-state index is 0.246. The van der Waals surface area contributed by atoms with Crippen molar-refractivity contribution >= 4 is 10.0 Å². The standard InChI is InChI=1S/C14H24N2O3S/c1-4-14(7-6-8-14)16-20(17,18)13-9-12(10-15-5-2)19-11(13)3/h9,15-16H,4-8,10H2,1-3H3. The highest BCUT2D eigenvalue weighted by molar-refractivity contribution is 7.89. The maximum absolute atomic E-state index is 12.5. The molecule has 1 aliphatic rings. The van der Waals surface area contributed by atoms with Gasteiger partial charge in [-0.15, -0.1) is 0 Å². The molecule has 1 saturated carbocycles.